The van der Waals surface area contributed by atoms with Crippen LogP contribution in [-0.4, -0.2) is 6.29 Å². The van der Waals surface area contributed by atoms with E-state index < -0.39 is 6.29 Å². The summed E-state index contributed by atoms with van der Waals surface area (Å²) in [5, 5.41) is 0. The zero-order valence-electron chi connectivity index (χ0n) is 9.99. The maximum absolute atomic E-state index is 12.9. The quantitative estimate of drug-likeness (QED) is 0.915. The Balaban J connectivity index is 0.00000162. The van der Waals surface area contributed by atoms with Crippen molar-refractivity contribution >= 4 is 12.4 Å². The highest BCUT2D eigenvalue weighted by molar-refractivity contribution is 5.85. The Bertz CT molecular complexity index is 415. The summed E-state index contributed by atoms with van der Waals surface area (Å²) in [5.41, 5.74) is 6.54. The SMILES string of the molecule is CCCC[C@@H](N)c1cccc2c1OC(F)(F)O2.Cl. The van der Waals surface area contributed by atoms with E-state index in [2.05, 4.69) is 16.4 Å². The molecule has 1 aliphatic heterocycles. The van der Waals surface area contributed by atoms with E-state index in [0.29, 0.717) is 5.56 Å². The summed E-state index contributed by atoms with van der Waals surface area (Å²) in [6, 6.07) is 4.49. The van der Waals surface area contributed by atoms with Crippen LogP contribution in [0.2, 0.25) is 0 Å². The van der Waals surface area contributed by atoms with Crippen molar-refractivity contribution in [1.82, 2.24) is 0 Å². The van der Waals surface area contributed by atoms with Gasteiger partial charge < -0.3 is 15.2 Å². The Hall–Kier alpha value is -1.07. The molecule has 0 amide bonds. The number of ether oxygens (including phenoxy) is 2. The van der Waals surface area contributed by atoms with Crippen LogP contribution in [0.3, 0.4) is 0 Å². The third-order valence-corrected chi connectivity index (χ3v) is 2.73. The molecule has 18 heavy (non-hydrogen) atoms. The molecule has 2 rings (SSSR count). The number of nitrogens with two attached hydrogens (primary N) is 1. The minimum Gasteiger partial charge on any atom is -0.395 e. The highest BCUT2D eigenvalue weighted by Gasteiger charge is 2.44. The minimum absolute atomic E-state index is 0. The lowest BCUT2D eigenvalue weighted by atomic mass is 10.0. The van der Waals surface area contributed by atoms with Gasteiger partial charge in [0.15, 0.2) is 11.5 Å². The first-order valence-corrected chi connectivity index (χ1v) is 5.68. The topological polar surface area (TPSA) is 44.5 Å². The molecule has 0 radical (unpaired) electrons. The second-order valence-electron chi connectivity index (χ2n) is 4.09. The number of benzene rings is 1. The average molecular weight is 280 g/mol. The van der Waals surface area contributed by atoms with Gasteiger partial charge in [-0.25, -0.2) is 0 Å². The van der Waals surface area contributed by atoms with Gasteiger partial charge in [0.2, 0.25) is 0 Å². The molecule has 1 atom stereocenters. The van der Waals surface area contributed by atoms with Crippen LogP contribution >= 0.6 is 12.4 Å². The zero-order valence-corrected chi connectivity index (χ0v) is 10.8. The molecule has 0 aliphatic carbocycles. The number of hydrogen-bond acceptors (Lipinski definition) is 3. The predicted molar refractivity (Wildman–Crippen MR) is 66.3 cm³/mol. The molecule has 1 aromatic rings. The summed E-state index contributed by atoms with van der Waals surface area (Å²) >= 11 is 0. The molecule has 1 aliphatic rings. The van der Waals surface area contributed by atoms with Crippen LogP contribution in [0.5, 0.6) is 11.5 Å². The third kappa shape index (κ3) is 3.03. The molecule has 0 spiro atoms. The first kappa shape index (κ1) is 15.0. The lowest BCUT2D eigenvalue weighted by Gasteiger charge is -2.13. The maximum Gasteiger partial charge on any atom is 0.586 e. The predicted octanol–water partition coefficient (Wildman–Crippen LogP) is 3.62. The Morgan fingerprint density at radius 2 is 2.06 bits per heavy atom. The number of rotatable bonds is 4. The van der Waals surface area contributed by atoms with Crippen molar-refractivity contribution < 1.29 is 18.3 Å². The number of fused-ring (bicyclic) bond motifs is 1. The molecule has 3 nitrogen and oxygen atoms in total. The number of hydrogen-bond donors (Lipinski definition) is 1. The number of para-hydroxylation sites is 1. The Morgan fingerprint density at radius 1 is 1.33 bits per heavy atom. The van der Waals surface area contributed by atoms with Gasteiger partial charge in [-0.1, -0.05) is 31.9 Å². The molecule has 0 bridgehead atoms. The maximum atomic E-state index is 12.9. The third-order valence-electron chi connectivity index (χ3n) is 2.73. The van der Waals surface area contributed by atoms with Gasteiger partial charge in [-0.2, -0.15) is 0 Å². The molecule has 102 valence electrons. The van der Waals surface area contributed by atoms with E-state index in [0.717, 1.165) is 19.3 Å². The van der Waals surface area contributed by atoms with E-state index in [1.807, 2.05) is 0 Å². The monoisotopic (exact) mass is 279 g/mol. The standard InChI is InChI=1S/C12H15F2NO2.ClH/c1-2-3-6-9(15)8-5-4-7-10-11(8)17-12(13,14)16-10;/h4-5,7,9H,2-3,6,15H2,1H3;1H/t9-;/m1./s1. The molecule has 0 unspecified atom stereocenters. The first-order valence-electron chi connectivity index (χ1n) is 5.68. The molecule has 0 fully saturated rings. The molecule has 0 saturated carbocycles. The van der Waals surface area contributed by atoms with E-state index in [1.54, 1.807) is 12.1 Å². The van der Waals surface area contributed by atoms with E-state index in [1.165, 1.54) is 6.07 Å². The fourth-order valence-corrected chi connectivity index (χ4v) is 1.86. The van der Waals surface area contributed by atoms with Gasteiger partial charge in [0.05, 0.1) is 0 Å². The van der Waals surface area contributed by atoms with Crippen LogP contribution < -0.4 is 15.2 Å². The van der Waals surface area contributed by atoms with Crippen LogP contribution in [0.4, 0.5) is 8.78 Å². The first-order chi connectivity index (χ1) is 8.03. The highest BCUT2D eigenvalue weighted by atomic mass is 35.5. The summed E-state index contributed by atoms with van der Waals surface area (Å²) in [6.07, 6.45) is -0.886. The van der Waals surface area contributed by atoms with Crippen LogP contribution in [0.15, 0.2) is 18.2 Å². The van der Waals surface area contributed by atoms with E-state index >= 15 is 0 Å². The van der Waals surface area contributed by atoms with Crippen molar-refractivity contribution in [3.05, 3.63) is 23.8 Å². The van der Waals surface area contributed by atoms with Crippen LogP contribution in [0.25, 0.3) is 0 Å². The molecule has 0 aromatic heterocycles. The van der Waals surface area contributed by atoms with Crippen molar-refractivity contribution in [3.63, 3.8) is 0 Å². The second kappa shape index (κ2) is 5.71. The van der Waals surface area contributed by atoms with Gasteiger partial charge in [0, 0.05) is 11.6 Å². The Labute approximate surface area is 111 Å². The van der Waals surface area contributed by atoms with Crippen LogP contribution in [0, 0.1) is 0 Å². The summed E-state index contributed by atoms with van der Waals surface area (Å²) in [4.78, 5) is 0. The van der Waals surface area contributed by atoms with Crippen LogP contribution in [0.1, 0.15) is 37.8 Å². The van der Waals surface area contributed by atoms with Crippen molar-refractivity contribution in [1.29, 1.82) is 0 Å². The fourth-order valence-electron chi connectivity index (χ4n) is 1.86. The number of halogens is 3. The number of alkyl halides is 2. The normalized spacial score (nSPS) is 17.1. The highest BCUT2D eigenvalue weighted by Crippen LogP contribution is 2.45. The molecular weight excluding hydrogens is 264 g/mol. The van der Waals surface area contributed by atoms with Crippen molar-refractivity contribution in [2.75, 3.05) is 0 Å². The Morgan fingerprint density at radius 3 is 2.72 bits per heavy atom. The largest absolute Gasteiger partial charge is 0.586 e. The van der Waals surface area contributed by atoms with Gasteiger partial charge in [0.25, 0.3) is 0 Å². The average Bonchev–Trinajstić information content (AvgIpc) is 2.59. The summed E-state index contributed by atoms with van der Waals surface area (Å²) in [5.74, 6) is 0.126. The molecule has 1 aromatic carbocycles. The van der Waals surface area contributed by atoms with Gasteiger partial charge >= 0.3 is 6.29 Å². The minimum atomic E-state index is -3.58. The smallest absolute Gasteiger partial charge is 0.395 e. The van der Waals surface area contributed by atoms with Crippen molar-refractivity contribution in [2.24, 2.45) is 5.73 Å². The summed E-state index contributed by atoms with van der Waals surface area (Å²) < 4.78 is 34.8. The number of unbranched alkanes of at least 4 members (excludes halogenated alkanes) is 1. The molecule has 1 heterocycles. The molecular formula is C12H16ClF2NO2. The van der Waals surface area contributed by atoms with Gasteiger partial charge in [-0.15, -0.1) is 21.2 Å². The van der Waals surface area contributed by atoms with E-state index in [-0.39, 0.29) is 29.9 Å². The van der Waals surface area contributed by atoms with Gasteiger partial charge in [-0.05, 0) is 12.5 Å². The fraction of sp³-hybridized carbons (Fsp3) is 0.500. The zero-order chi connectivity index (χ0) is 12.5. The molecule has 0 saturated heterocycles. The van der Waals surface area contributed by atoms with Crippen molar-refractivity contribution in [2.45, 2.75) is 38.5 Å². The molecule has 2 N–H and O–H groups in total. The Kier molecular flexibility index (Phi) is 4.76. The van der Waals surface area contributed by atoms with E-state index in [9.17, 15) is 8.78 Å². The van der Waals surface area contributed by atoms with Gasteiger partial charge in [-0.3, -0.25) is 0 Å². The van der Waals surface area contributed by atoms with E-state index in [4.69, 9.17) is 5.73 Å². The summed E-state index contributed by atoms with van der Waals surface area (Å²) in [6.45, 7) is 2.05. The van der Waals surface area contributed by atoms with Crippen molar-refractivity contribution in [3.8, 4) is 11.5 Å². The van der Waals surface area contributed by atoms with Crippen LogP contribution in [-0.2, 0) is 0 Å². The van der Waals surface area contributed by atoms with Gasteiger partial charge in [0.1, 0.15) is 0 Å². The summed E-state index contributed by atoms with van der Waals surface area (Å²) in [7, 11) is 0. The second-order valence-corrected chi connectivity index (χ2v) is 4.09. The lowest BCUT2D eigenvalue weighted by molar-refractivity contribution is -0.287. The molecule has 6 heteroatoms. The lowest BCUT2D eigenvalue weighted by Crippen LogP contribution is -2.26.